The Morgan fingerprint density at radius 1 is 0.955 bits per heavy atom. The molecule has 3 heterocycles. The number of carbonyl (C=O) groups is 1. The van der Waals surface area contributed by atoms with Crippen LogP contribution in [0.2, 0.25) is 0 Å². The molecule has 3 aliphatic rings. The highest BCUT2D eigenvalue weighted by molar-refractivity contribution is 5.76. The summed E-state index contributed by atoms with van der Waals surface area (Å²) in [5.41, 5.74) is 0. The van der Waals surface area contributed by atoms with Gasteiger partial charge in [0.15, 0.2) is 0 Å². The zero-order valence-electron chi connectivity index (χ0n) is 14.1. The molecule has 22 heavy (non-hydrogen) atoms. The Morgan fingerprint density at radius 3 is 2.14 bits per heavy atom. The topological polar surface area (TPSA) is 38.8 Å². The van der Waals surface area contributed by atoms with Crippen LogP contribution in [-0.2, 0) is 4.79 Å². The summed E-state index contributed by atoms with van der Waals surface area (Å²) < 4.78 is 0. The molecule has 1 N–H and O–H groups in total. The van der Waals surface area contributed by atoms with Gasteiger partial charge >= 0.3 is 0 Å². The molecule has 3 fully saturated rings. The first-order valence-electron chi connectivity index (χ1n) is 9.19. The summed E-state index contributed by atoms with van der Waals surface area (Å²) in [6.07, 6.45) is 3.09. The molecule has 3 saturated heterocycles. The van der Waals surface area contributed by atoms with Crippen LogP contribution in [0, 0.1) is 11.8 Å². The fourth-order valence-electron chi connectivity index (χ4n) is 4.21. The third-order valence-corrected chi connectivity index (χ3v) is 5.93. The molecule has 1 amide bonds. The van der Waals surface area contributed by atoms with Crippen LogP contribution in [-0.4, -0.2) is 86.1 Å². The van der Waals surface area contributed by atoms with Crippen LogP contribution in [0.25, 0.3) is 0 Å². The highest BCUT2D eigenvalue weighted by Gasteiger charge is 2.31. The van der Waals surface area contributed by atoms with Gasteiger partial charge in [-0.2, -0.15) is 0 Å². The number of rotatable bonds is 4. The number of carbonyl (C=O) groups excluding carboxylic acids is 1. The quantitative estimate of drug-likeness (QED) is 0.819. The van der Waals surface area contributed by atoms with E-state index in [0.717, 1.165) is 77.3 Å². The van der Waals surface area contributed by atoms with Gasteiger partial charge in [0.05, 0.1) is 0 Å². The molecule has 0 unspecified atom stereocenters. The lowest BCUT2D eigenvalue weighted by Gasteiger charge is -2.34. The summed E-state index contributed by atoms with van der Waals surface area (Å²) in [7, 11) is 0. The Morgan fingerprint density at radius 2 is 1.55 bits per heavy atom. The fourth-order valence-corrected chi connectivity index (χ4v) is 4.21. The first-order chi connectivity index (χ1) is 10.8. The van der Waals surface area contributed by atoms with Gasteiger partial charge in [-0.05, 0) is 44.3 Å². The first-order valence-corrected chi connectivity index (χ1v) is 9.19. The van der Waals surface area contributed by atoms with Crippen LogP contribution in [0.1, 0.15) is 26.2 Å². The molecule has 0 bridgehead atoms. The number of hydrogen-bond donors (Lipinski definition) is 1. The molecule has 0 radical (unpaired) electrons. The van der Waals surface area contributed by atoms with Crippen LogP contribution in [0.3, 0.4) is 0 Å². The third-order valence-electron chi connectivity index (χ3n) is 5.93. The van der Waals surface area contributed by atoms with Crippen LogP contribution in [0.5, 0.6) is 0 Å². The summed E-state index contributed by atoms with van der Waals surface area (Å²) >= 11 is 0. The molecule has 5 nitrogen and oxygen atoms in total. The minimum Gasteiger partial charge on any atom is -0.343 e. The van der Waals surface area contributed by atoms with Gasteiger partial charge in [0, 0.05) is 52.2 Å². The molecular weight excluding hydrogens is 276 g/mol. The second kappa shape index (κ2) is 7.75. The van der Waals surface area contributed by atoms with Crippen molar-refractivity contribution in [3.05, 3.63) is 0 Å². The summed E-state index contributed by atoms with van der Waals surface area (Å²) in [5.74, 6) is 1.99. The SMILES string of the molecule is CCN1CCN(CCC(=O)N2CC[C@@H]3CNC[C@@H]3CC2)CC1. The van der Waals surface area contributed by atoms with E-state index in [-0.39, 0.29) is 0 Å². The second-order valence-electron chi connectivity index (χ2n) is 7.16. The number of amides is 1. The van der Waals surface area contributed by atoms with E-state index in [1.807, 2.05) is 0 Å². The average Bonchev–Trinajstić information content (AvgIpc) is 2.91. The van der Waals surface area contributed by atoms with Crippen molar-refractivity contribution in [2.45, 2.75) is 26.2 Å². The van der Waals surface area contributed by atoms with E-state index in [0.29, 0.717) is 12.3 Å². The normalized spacial score (nSPS) is 31.0. The van der Waals surface area contributed by atoms with E-state index in [2.05, 4.69) is 26.9 Å². The number of likely N-dealkylation sites (tertiary alicyclic amines) is 1. The lowest BCUT2D eigenvalue weighted by Crippen LogP contribution is -2.47. The number of nitrogens with one attached hydrogen (secondary N) is 1. The first kappa shape index (κ1) is 16.2. The highest BCUT2D eigenvalue weighted by atomic mass is 16.2. The minimum atomic E-state index is 0.380. The van der Waals surface area contributed by atoms with Gasteiger partial charge in [-0.15, -0.1) is 0 Å². The van der Waals surface area contributed by atoms with E-state index in [1.54, 1.807) is 0 Å². The van der Waals surface area contributed by atoms with Crippen LogP contribution in [0.4, 0.5) is 0 Å². The predicted octanol–water partition coefficient (Wildman–Crippen LogP) is 0.472. The number of likely N-dealkylation sites (N-methyl/N-ethyl adjacent to an activating group) is 1. The van der Waals surface area contributed by atoms with Crippen LogP contribution >= 0.6 is 0 Å². The predicted molar refractivity (Wildman–Crippen MR) is 88.8 cm³/mol. The second-order valence-corrected chi connectivity index (χ2v) is 7.16. The molecule has 0 aliphatic carbocycles. The Balaban J connectivity index is 1.39. The number of nitrogens with zero attached hydrogens (tertiary/aromatic N) is 3. The van der Waals surface area contributed by atoms with Gasteiger partial charge in [-0.25, -0.2) is 0 Å². The van der Waals surface area contributed by atoms with Gasteiger partial charge < -0.3 is 20.0 Å². The number of fused-ring (bicyclic) bond motifs is 1. The zero-order chi connectivity index (χ0) is 15.4. The Bertz CT molecular complexity index is 354. The van der Waals surface area contributed by atoms with Gasteiger partial charge in [-0.3, -0.25) is 4.79 Å². The third kappa shape index (κ3) is 4.00. The Labute approximate surface area is 135 Å². The number of hydrogen-bond acceptors (Lipinski definition) is 4. The smallest absolute Gasteiger partial charge is 0.223 e. The maximum atomic E-state index is 12.5. The van der Waals surface area contributed by atoms with Crippen molar-refractivity contribution < 1.29 is 4.79 Å². The molecule has 5 heteroatoms. The molecule has 3 aliphatic heterocycles. The molecule has 0 saturated carbocycles. The standard InChI is InChI=1S/C17H32N4O/c1-2-19-9-11-20(12-10-19)6-5-17(22)21-7-3-15-13-18-14-16(15)4-8-21/h15-16,18H,2-14H2,1H3/t15-,16+. The molecule has 126 valence electrons. The molecule has 0 spiro atoms. The monoisotopic (exact) mass is 308 g/mol. The Hall–Kier alpha value is -0.650. The molecule has 2 atom stereocenters. The van der Waals surface area contributed by atoms with E-state index >= 15 is 0 Å². The summed E-state index contributed by atoms with van der Waals surface area (Å²) in [6.45, 7) is 13.2. The van der Waals surface area contributed by atoms with Gasteiger partial charge in [0.1, 0.15) is 0 Å². The van der Waals surface area contributed by atoms with Crippen LogP contribution < -0.4 is 5.32 Å². The van der Waals surface area contributed by atoms with Crippen molar-refractivity contribution in [1.29, 1.82) is 0 Å². The number of piperazine rings is 1. The maximum absolute atomic E-state index is 12.5. The molecule has 3 rings (SSSR count). The summed E-state index contributed by atoms with van der Waals surface area (Å²) in [5, 5.41) is 3.50. The van der Waals surface area contributed by atoms with Crippen molar-refractivity contribution in [3.8, 4) is 0 Å². The van der Waals surface area contributed by atoms with E-state index in [9.17, 15) is 4.79 Å². The van der Waals surface area contributed by atoms with Gasteiger partial charge in [0.2, 0.25) is 5.91 Å². The summed E-state index contributed by atoms with van der Waals surface area (Å²) in [6, 6.07) is 0. The zero-order valence-corrected chi connectivity index (χ0v) is 14.1. The summed E-state index contributed by atoms with van der Waals surface area (Å²) in [4.78, 5) is 19.6. The fraction of sp³-hybridized carbons (Fsp3) is 0.941. The van der Waals surface area contributed by atoms with Crippen molar-refractivity contribution in [3.63, 3.8) is 0 Å². The minimum absolute atomic E-state index is 0.380. The van der Waals surface area contributed by atoms with Crippen LogP contribution in [0.15, 0.2) is 0 Å². The van der Waals surface area contributed by atoms with Crippen molar-refractivity contribution in [2.24, 2.45) is 11.8 Å². The molecular formula is C17H32N4O. The Kier molecular flexibility index (Phi) is 5.71. The van der Waals surface area contributed by atoms with Crippen molar-refractivity contribution in [1.82, 2.24) is 20.0 Å². The lowest BCUT2D eigenvalue weighted by molar-refractivity contribution is -0.131. The highest BCUT2D eigenvalue weighted by Crippen LogP contribution is 2.27. The van der Waals surface area contributed by atoms with E-state index < -0.39 is 0 Å². The largest absolute Gasteiger partial charge is 0.343 e. The van der Waals surface area contributed by atoms with E-state index in [1.165, 1.54) is 12.8 Å². The van der Waals surface area contributed by atoms with Gasteiger partial charge in [-0.1, -0.05) is 6.92 Å². The molecule has 0 aromatic heterocycles. The van der Waals surface area contributed by atoms with Crippen molar-refractivity contribution in [2.75, 3.05) is 65.4 Å². The van der Waals surface area contributed by atoms with E-state index in [4.69, 9.17) is 0 Å². The lowest BCUT2D eigenvalue weighted by atomic mass is 9.92. The van der Waals surface area contributed by atoms with Crippen molar-refractivity contribution >= 4 is 5.91 Å². The average molecular weight is 308 g/mol. The molecule has 0 aromatic carbocycles. The molecule has 0 aromatic rings. The van der Waals surface area contributed by atoms with Gasteiger partial charge in [0.25, 0.3) is 0 Å². The maximum Gasteiger partial charge on any atom is 0.223 e.